The summed E-state index contributed by atoms with van der Waals surface area (Å²) < 4.78 is 14.8. The first-order valence-corrected chi connectivity index (χ1v) is 12.4. The monoisotopic (exact) mass is 480 g/mol. The van der Waals surface area contributed by atoms with Crippen LogP contribution in [0.25, 0.3) is 22.4 Å². The van der Waals surface area contributed by atoms with E-state index in [-0.39, 0.29) is 23.7 Å². The number of hydrogen-bond donors (Lipinski definition) is 1. The summed E-state index contributed by atoms with van der Waals surface area (Å²) >= 11 is 0. The van der Waals surface area contributed by atoms with E-state index in [2.05, 4.69) is 48.9 Å². The molecule has 1 aliphatic rings. The van der Waals surface area contributed by atoms with Crippen molar-refractivity contribution in [2.75, 3.05) is 13.2 Å². The fourth-order valence-electron chi connectivity index (χ4n) is 4.65. The number of nitrogens with zero attached hydrogens (tertiary/aromatic N) is 3. The molecule has 0 bridgehead atoms. The number of rotatable bonds is 9. The highest BCUT2D eigenvalue weighted by molar-refractivity contribution is 5.81. The number of benzene rings is 1. The van der Waals surface area contributed by atoms with Gasteiger partial charge in [-0.25, -0.2) is 4.98 Å². The van der Waals surface area contributed by atoms with Gasteiger partial charge in [-0.05, 0) is 49.9 Å². The van der Waals surface area contributed by atoms with E-state index in [1.54, 1.807) is 11.6 Å². The second kappa shape index (κ2) is 10.7. The molecule has 188 valence electrons. The molecule has 3 heterocycles. The van der Waals surface area contributed by atoms with E-state index in [1.807, 2.05) is 19.2 Å². The molecule has 0 saturated carbocycles. The number of pyridine rings is 1. The number of carbonyl (C=O) groups excluding carboxylic acids is 1. The summed E-state index contributed by atoms with van der Waals surface area (Å²) in [6.07, 6.45) is 3.15. The maximum Gasteiger partial charge on any atom is 0.323 e. The molecule has 4 rings (SSSR count). The van der Waals surface area contributed by atoms with Crippen LogP contribution in [0.1, 0.15) is 44.7 Å². The maximum absolute atomic E-state index is 12.8. The van der Waals surface area contributed by atoms with Gasteiger partial charge in [-0.1, -0.05) is 19.9 Å². The van der Waals surface area contributed by atoms with E-state index in [0.717, 1.165) is 41.0 Å². The van der Waals surface area contributed by atoms with Crippen LogP contribution in [0.15, 0.2) is 35.3 Å². The molecular formula is C27H36N4O4. The highest BCUT2D eigenvalue weighted by Crippen LogP contribution is 2.26. The molecule has 1 aromatic carbocycles. The molecule has 0 aliphatic carbocycles. The third-order valence-corrected chi connectivity index (χ3v) is 6.46. The van der Waals surface area contributed by atoms with Crippen molar-refractivity contribution >= 4 is 17.0 Å². The minimum atomic E-state index is -0.372. The van der Waals surface area contributed by atoms with Gasteiger partial charge in [0.25, 0.3) is 5.56 Å². The van der Waals surface area contributed by atoms with Crippen molar-refractivity contribution in [2.24, 2.45) is 13.0 Å². The van der Waals surface area contributed by atoms with Crippen LogP contribution in [-0.4, -0.2) is 45.4 Å². The number of ether oxygens (including phenoxy) is 2. The molecule has 1 saturated heterocycles. The summed E-state index contributed by atoms with van der Waals surface area (Å²) in [7, 11) is 1.76. The Morgan fingerprint density at radius 3 is 2.77 bits per heavy atom. The molecule has 35 heavy (non-hydrogen) atoms. The minimum absolute atomic E-state index is 0.00351. The normalized spacial score (nSPS) is 16.8. The van der Waals surface area contributed by atoms with Gasteiger partial charge in [0, 0.05) is 43.9 Å². The molecule has 8 heteroatoms. The van der Waals surface area contributed by atoms with Crippen molar-refractivity contribution in [1.82, 2.24) is 19.4 Å². The Labute approximate surface area is 206 Å². The van der Waals surface area contributed by atoms with Gasteiger partial charge in [0.1, 0.15) is 18.0 Å². The second-order valence-corrected chi connectivity index (χ2v) is 9.82. The standard InChI is InChI=1S/C27H36N4O4/c1-6-31-24-8-7-19(13-22(24)29-25(31)20-12-18(4)26(32)30(5)15-20)14-28-23(11-17(2)3)27(33)35-21-9-10-34-16-21/h7-8,12-13,15,17,21,23,28H,6,9-11,14,16H2,1-5H3/t21-,23?/m0/s1. The number of hydrogen-bond acceptors (Lipinski definition) is 6. The SMILES string of the molecule is CCn1c(-c2cc(C)c(=O)n(C)c2)nc2cc(CNC(CC(C)C)C(=O)O[C@H]3CCOC3)ccc21. The molecule has 0 radical (unpaired) electrons. The van der Waals surface area contributed by atoms with Gasteiger partial charge in [-0.3, -0.25) is 9.59 Å². The zero-order chi connectivity index (χ0) is 25.1. The van der Waals surface area contributed by atoms with Crippen LogP contribution in [-0.2, 0) is 34.4 Å². The Kier molecular flexibility index (Phi) is 7.72. The average Bonchev–Trinajstić information content (AvgIpc) is 3.46. The Morgan fingerprint density at radius 2 is 2.11 bits per heavy atom. The number of carbonyl (C=O) groups is 1. The molecule has 8 nitrogen and oxygen atoms in total. The van der Waals surface area contributed by atoms with Crippen molar-refractivity contribution in [3.8, 4) is 11.4 Å². The predicted molar refractivity (Wildman–Crippen MR) is 136 cm³/mol. The molecule has 3 aromatic rings. The summed E-state index contributed by atoms with van der Waals surface area (Å²) in [5.74, 6) is 0.986. The Bertz CT molecular complexity index is 1230. The second-order valence-electron chi connectivity index (χ2n) is 9.82. The van der Waals surface area contributed by atoms with E-state index in [1.165, 1.54) is 0 Å². The number of nitrogens with one attached hydrogen (secondary N) is 1. The van der Waals surface area contributed by atoms with E-state index >= 15 is 0 Å². The van der Waals surface area contributed by atoms with Crippen molar-refractivity contribution in [3.63, 3.8) is 0 Å². The topological polar surface area (TPSA) is 87.4 Å². The Balaban J connectivity index is 1.55. The number of esters is 1. The Morgan fingerprint density at radius 1 is 1.31 bits per heavy atom. The molecule has 1 aliphatic heterocycles. The van der Waals surface area contributed by atoms with Gasteiger partial charge >= 0.3 is 5.97 Å². The summed E-state index contributed by atoms with van der Waals surface area (Å²) in [5, 5.41) is 3.41. The first kappa shape index (κ1) is 25.1. The minimum Gasteiger partial charge on any atom is -0.459 e. The lowest BCUT2D eigenvalue weighted by Gasteiger charge is -2.21. The first-order valence-electron chi connectivity index (χ1n) is 12.4. The molecule has 2 atom stereocenters. The van der Waals surface area contributed by atoms with E-state index in [4.69, 9.17) is 14.5 Å². The van der Waals surface area contributed by atoms with Crippen LogP contribution in [0.3, 0.4) is 0 Å². The molecule has 2 aromatic heterocycles. The third-order valence-electron chi connectivity index (χ3n) is 6.46. The third kappa shape index (κ3) is 5.65. The van der Waals surface area contributed by atoms with Crippen LogP contribution < -0.4 is 10.9 Å². The zero-order valence-electron chi connectivity index (χ0n) is 21.3. The first-order chi connectivity index (χ1) is 16.8. The zero-order valence-corrected chi connectivity index (χ0v) is 21.3. The molecule has 1 N–H and O–H groups in total. The van der Waals surface area contributed by atoms with Gasteiger partial charge in [0.15, 0.2) is 0 Å². The summed E-state index contributed by atoms with van der Waals surface area (Å²) in [5.41, 5.74) is 4.58. The van der Waals surface area contributed by atoms with E-state index in [9.17, 15) is 9.59 Å². The lowest BCUT2D eigenvalue weighted by molar-refractivity contribution is -0.152. The molecule has 0 spiro atoms. The largest absolute Gasteiger partial charge is 0.459 e. The molecular weight excluding hydrogens is 444 g/mol. The van der Waals surface area contributed by atoms with Gasteiger partial charge in [0.2, 0.25) is 0 Å². The highest BCUT2D eigenvalue weighted by atomic mass is 16.6. The summed E-state index contributed by atoms with van der Waals surface area (Å²) in [4.78, 5) is 29.9. The number of imidazole rings is 1. The van der Waals surface area contributed by atoms with E-state index in [0.29, 0.717) is 37.7 Å². The lowest BCUT2D eigenvalue weighted by Crippen LogP contribution is -2.40. The van der Waals surface area contributed by atoms with Crippen molar-refractivity contribution < 1.29 is 14.3 Å². The smallest absolute Gasteiger partial charge is 0.323 e. The van der Waals surface area contributed by atoms with Gasteiger partial charge in [-0.15, -0.1) is 0 Å². The van der Waals surface area contributed by atoms with Crippen LogP contribution in [0.4, 0.5) is 0 Å². The maximum atomic E-state index is 12.8. The number of fused-ring (bicyclic) bond motifs is 1. The lowest BCUT2D eigenvalue weighted by atomic mass is 10.0. The van der Waals surface area contributed by atoms with Crippen molar-refractivity contribution in [1.29, 1.82) is 0 Å². The fourth-order valence-corrected chi connectivity index (χ4v) is 4.65. The van der Waals surface area contributed by atoms with Crippen LogP contribution in [0.2, 0.25) is 0 Å². The van der Waals surface area contributed by atoms with Crippen LogP contribution in [0, 0.1) is 12.8 Å². The van der Waals surface area contributed by atoms with Gasteiger partial charge in [-0.2, -0.15) is 0 Å². The van der Waals surface area contributed by atoms with Gasteiger partial charge < -0.3 is 23.9 Å². The van der Waals surface area contributed by atoms with Crippen molar-refractivity contribution in [2.45, 2.75) is 65.8 Å². The van der Waals surface area contributed by atoms with Gasteiger partial charge in [0.05, 0.1) is 24.2 Å². The average molecular weight is 481 g/mol. The number of aryl methyl sites for hydroxylation is 3. The van der Waals surface area contributed by atoms with E-state index < -0.39 is 0 Å². The summed E-state index contributed by atoms with van der Waals surface area (Å²) in [6, 6.07) is 7.74. The van der Waals surface area contributed by atoms with Crippen LogP contribution in [0.5, 0.6) is 0 Å². The predicted octanol–water partition coefficient (Wildman–Crippen LogP) is 3.57. The fraction of sp³-hybridized carbons (Fsp3) is 0.519. The summed E-state index contributed by atoms with van der Waals surface area (Å²) in [6.45, 7) is 10.5. The molecule has 1 unspecified atom stereocenters. The van der Waals surface area contributed by atoms with Crippen LogP contribution >= 0.6 is 0 Å². The van der Waals surface area contributed by atoms with Crippen molar-refractivity contribution in [3.05, 3.63) is 51.9 Å². The molecule has 0 amide bonds. The quantitative estimate of drug-likeness (QED) is 0.471. The Hall–Kier alpha value is -2.97. The number of aromatic nitrogens is 3. The highest BCUT2D eigenvalue weighted by Gasteiger charge is 2.26. The molecule has 1 fully saturated rings.